The molecule has 5 heteroatoms. The van der Waals surface area contributed by atoms with E-state index in [1.54, 1.807) is 12.1 Å². The number of aliphatic carboxylic acids is 1. The van der Waals surface area contributed by atoms with E-state index in [-0.39, 0.29) is 11.3 Å². The van der Waals surface area contributed by atoms with Gasteiger partial charge in [-0.25, -0.2) is 4.79 Å². The quantitative estimate of drug-likeness (QED) is 0.402. The lowest BCUT2D eigenvalue weighted by molar-refractivity contribution is -0.384. The predicted molar refractivity (Wildman–Crippen MR) is 84.5 cm³/mol. The number of nitro benzene ring substituents is 1. The first-order valence-electron chi connectivity index (χ1n) is 6.65. The van der Waals surface area contributed by atoms with Crippen molar-refractivity contribution in [2.75, 3.05) is 0 Å². The van der Waals surface area contributed by atoms with E-state index in [1.807, 2.05) is 26.0 Å². The summed E-state index contributed by atoms with van der Waals surface area (Å²) in [5.74, 6) is -1.07. The molecule has 0 aromatic heterocycles. The molecule has 5 nitrogen and oxygen atoms in total. The Bertz CT molecular complexity index is 778. The predicted octanol–water partition coefficient (Wildman–Crippen LogP) is 3.84. The maximum atomic E-state index is 11.6. The van der Waals surface area contributed by atoms with E-state index in [4.69, 9.17) is 0 Å². The van der Waals surface area contributed by atoms with Crippen LogP contribution in [0.25, 0.3) is 11.6 Å². The fraction of sp³-hybridized carbons (Fsp3) is 0.118. The Morgan fingerprint density at radius 2 is 1.91 bits per heavy atom. The van der Waals surface area contributed by atoms with Gasteiger partial charge in [0.2, 0.25) is 0 Å². The van der Waals surface area contributed by atoms with Crippen LogP contribution in [0.2, 0.25) is 0 Å². The summed E-state index contributed by atoms with van der Waals surface area (Å²) in [5, 5.41) is 20.3. The monoisotopic (exact) mass is 297 g/mol. The minimum Gasteiger partial charge on any atom is -0.478 e. The maximum Gasteiger partial charge on any atom is 0.336 e. The maximum absolute atomic E-state index is 11.6. The zero-order valence-corrected chi connectivity index (χ0v) is 12.2. The Balaban J connectivity index is 2.57. The van der Waals surface area contributed by atoms with Gasteiger partial charge in [-0.15, -0.1) is 0 Å². The van der Waals surface area contributed by atoms with E-state index < -0.39 is 10.9 Å². The normalized spacial score (nSPS) is 11.3. The fourth-order valence-electron chi connectivity index (χ4n) is 2.18. The molecule has 0 heterocycles. The molecule has 0 fully saturated rings. The summed E-state index contributed by atoms with van der Waals surface area (Å²) in [4.78, 5) is 21.9. The Kier molecular flexibility index (Phi) is 4.36. The average molecular weight is 297 g/mol. The molecule has 0 aliphatic carbocycles. The lowest BCUT2D eigenvalue weighted by Gasteiger charge is -2.08. The zero-order valence-electron chi connectivity index (χ0n) is 12.2. The molecule has 0 saturated heterocycles. The summed E-state index contributed by atoms with van der Waals surface area (Å²) in [6.07, 6.45) is 1.46. The number of aryl methyl sites for hydroxylation is 2. The average Bonchev–Trinajstić information content (AvgIpc) is 2.47. The zero-order chi connectivity index (χ0) is 16.3. The fourth-order valence-corrected chi connectivity index (χ4v) is 2.18. The van der Waals surface area contributed by atoms with Crippen molar-refractivity contribution in [1.29, 1.82) is 0 Å². The van der Waals surface area contributed by atoms with Crippen LogP contribution in [0.1, 0.15) is 22.3 Å². The van der Waals surface area contributed by atoms with Gasteiger partial charge in [0.05, 0.1) is 10.5 Å². The number of non-ortho nitro benzene ring substituents is 1. The molecular formula is C17H15NO4. The second kappa shape index (κ2) is 6.22. The molecule has 0 radical (unpaired) electrons. The summed E-state index contributed by atoms with van der Waals surface area (Å²) in [6, 6.07) is 11.5. The van der Waals surface area contributed by atoms with Gasteiger partial charge in [0.15, 0.2) is 0 Å². The van der Waals surface area contributed by atoms with Crippen molar-refractivity contribution < 1.29 is 14.8 Å². The van der Waals surface area contributed by atoms with Gasteiger partial charge in [0.1, 0.15) is 0 Å². The van der Waals surface area contributed by atoms with Crippen LogP contribution in [0.3, 0.4) is 0 Å². The molecular weight excluding hydrogens is 282 g/mol. The molecule has 0 aliphatic heterocycles. The van der Waals surface area contributed by atoms with Gasteiger partial charge in [0.25, 0.3) is 5.69 Å². The van der Waals surface area contributed by atoms with Gasteiger partial charge in [-0.05, 0) is 36.6 Å². The molecule has 2 aromatic rings. The number of hydrogen-bond donors (Lipinski definition) is 1. The highest BCUT2D eigenvalue weighted by Gasteiger charge is 2.14. The standard InChI is InChI=1S/C17H15NO4/c1-11-6-7-12(2)15(8-11)16(17(19)20)10-13-4-3-5-14(9-13)18(21)22/h3-10H,1-2H3,(H,19,20)/b16-10-. The van der Waals surface area contributed by atoms with Crippen LogP contribution in [0, 0.1) is 24.0 Å². The van der Waals surface area contributed by atoms with Crippen LogP contribution < -0.4 is 0 Å². The van der Waals surface area contributed by atoms with Crippen molar-refractivity contribution >= 4 is 23.3 Å². The van der Waals surface area contributed by atoms with Crippen molar-refractivity contribution in [2.45, 2.75) is 13.8 Å². The SMILES string of the molecule is Cc1ccc(C)c(/C(=C/c2cccc([N+](=O)[O-])c2)C(=O)O)c1. The second-order valence-corrected chi connectivity index (χ2v) is 5.03. The molecule has 2 rings (SSSR count). The third-order valence-corrected chi connectivity index (χ3v) is 3.31. The lowest BCUT2D eigenvalue weighted by Crippen LogP contribution is -2.02. The first-order valence-corrected chi connectivity index (χ1v) is 6.65. The van der Waals surface area contributed by atoms with Crippen molar-refractivity contribution in [3.63, 3.8) is 0 Å². The lowest BCUT2D eigenvalue weighted by atomic mass is 9.96. The smallest absolute Gasteiger partial charge is 0.336 e. The molecule has 1 N–H and O–H groups in total. The van der Waals surface area contributed by atoms with E-state index in [1.165, 1.54) is 24.3 Å². The van der Waals surface area contributed by atoms with Gasteiger partial charge >= 0.3 is 5.97 Å². The van der Waals surface area contributed by atoms with Crippen molar-refractivity contribution in [1.82, 2.24) is 0 Å². The Morgan fingerprint density at radius 3 is 2.55 bits per heavy atom. The van der Waals surface area contributed by atoms with Gasteiger partial charge in [-0.3, -0.25) is 10.1 Å². The molecule has 0 bridgehead atoms. The molecule has 0 saturated carbocycles. The van der Waals surface area contributed by atoms with Gasteiger partial charge in [-0.2, -0.15) is 0 Å². The van der Waals surface area contributed by atoms with E-state index in [0.29, 0.717) is 11.1 Å². The third-order valence-electron chi connectivity index (χ3n) is 3.31. The van der Waals surface area contributed by atoms with Crippen molar-refractivity contribution in [3.8, 4) is 0 Å². The van der Waals surface area contributed by atoms with Crippen molar-refractivity contribution in [3.05, 3.63) is 74.8 Å². The minimum atomic E-state index is -1.07. The summed E-state index contributed by atoms with van der Waals surface area (Å²) < 4.78 is 0. The van der Waals surface area contributed by atoms with Crippen LogP contribution in [-0.4, -0.2) is 16.0 Å². The number of carbonyl (C=O) groups is 1. The number of nitrogens with zero attached hydrogens (tertiary/aromatic N) is 1. The van der Waals surface area contributed by atoms with E-state index in [0.717, 1.165) is 11.1 Å². The highest BCUT2D eigenvalue weighted by Crippen LogP contribution is 2.24. The minimum absolute atomic E-state index is 0.0700. The highest BCUT2D eigenvalue weighted by atomic mass is 16.6. The van der Waals surface area contributed by atoms with E-state index >= 15 is 0 Å². The van der Waals surface area contributed by atoms with Crippen LogP contribution in [0.5, 0.6) is 0 Å². The number of benzene rings is 2. The van der Waals surface area contributed by atoms with Crippen LogP contribution >= 0.6 is 0 Å². The largest absolute Gasteiger partial charge is 0.478 e. The molecule has 22 heavy (non-hydrogen) atoms. The molecule has 0 spiro atoms. The Labute approximate surface area is 127 Å². The molecule has 0 amide bonds. The first-order chi connectivity index (χ1) is 10.4. The number of carboxylic acids is 1. The first kappa shape index (κ1) is 15.4. The van der Waals surface area contributed by atoms with Crippen LogP contribution in [-0.2, 0) is 4.79 Å². The Morgan fingerprint density at radius 1 is 1.18 bits per heavy atom. The van der Waals surface area contributed by atoms with Crippen LogP contribution in [0.4, 0.5) is 5.69 Å². The molecule has 0 aliphatic rings. The second-order valence-electron chi connectivity index (χ2n) is 5.03. The highest BCUT2D eigenvalue weighted by molar-refractivity contribution is 6.21. The topological polar surface area (TPSA) is 80.4 Å². The number of hydrogen-bond acceptors (Lipinski definition) is 3. The Hall–Kier alpha value is -2.95. The van der Waals surface area contributed by atoms with Gasteiger partial charge in [-0.1, -0.05) is 35.9 Å². The number of carboxylic acid groups (broad SMARTS) is 1. The van der Waals surface area contributed by atoms with Crippen molar-refractivity contribution in [2.24, 2.45) is 0 Å². The van der Waals surface area contributed by atoms with Gasteiger partial charge in [0, 0.05) is 12.1 Å². The molecule has 0 atom stereocenters. The summed E-state index contributed by atoms with van der Waals surface area (Å²) in [5.41, 5.74) is 2.92. The summed E-state index contributed by atoms with van der Waals surface area (Å²) in [6.45, 7) is 3.72. The van der Waals surface area contributed by atoms with E-state index in [2.05, 4.69) is 0 Å². The molecule has 112 valence electrons. The van der Waals surface area contributed by atoms with Gasteiger partial charge < -0.3 is 5.11 Å². The van der Waals surface area contributed by atoms with Crippen LogP contribution in [0.15, 0.2) is 42.5 Å². The summed E-state index contributed by atoms with van der Waals surface area (Å²) >= 11 is 0. The summed E-state index contributed by atoms with van der Waals surface area (Å²) in [7, 11) is 0. The number of rotatable bonds is 4. The molecule has 0 unspecified atom stereocenters. The third kappa shape index (κ3) is 3.38. The van der Waals surface area contributed by atoms with E-state index in [9.17, 15) is 20.0 Å². The number of nitro groups is 1. The molecule has 2 aromatic carbocycles.